The Balaban J connectivity index is 2.37. The lowest BCUT2D eigenvalue weighted by Gasteiger charge is -2.07. The van der Waals surface area contributed by atoms with Crippen LogP contribution in [-0.4, -0.2) is 19.1 Å². The molecule has 0 amide bonds. The Morgan fingerprint density at radius 1 is 1.50 bits per heavy atom. The van der Waals surface area contributed by atoms with Gasteiger partial charge in [-0.15, -0.1) is 0 Å². The molecule has 0 bridgehead atoms. The molecule has 0 aliphatic carbocycles. The van der Waals surface area contributed by atoms with E-state index in [2.05, 4.69) is 21.2 Å². The maximum Gasteiger partial charge on any atom is 0.307 e. The molecule has 0 radical (unpaired) electrons. The summed E-state index contributed by atoms with van der Waals surface area (Å²) < 4.78 is 5.92. The third-order valence-electron chi connectivity index (χ3n) is 2.12. The molecule has 1 aromatic rings. The van der Waals surface area contributed by atoms with Crippen LogP contribution in [0.25, 0.3) is 0 Å². The van der Waals surface area contributed by atoms with Crippen LogP contribution in [-0.2, 0) is 9.53 Å². The van der Waals surface area contributed by atoms with Gasteiger partial charge < -0.3 is 10.1 Å². The number of benzene rings is 1. The lowest BCUT2D eigenvalue weighted by Crippen LogP contribution is -2.11. The number of esters is 1. The first-order valence-corrected chi connectivity index (χ1v) is 6.08. The number of aryl methyl sites for hydroxylation is 1. The molecule has 0 saturated heterocycles. The van der Waals surface area contributed by atoms with E-state index in [0.29, 0.717) is 19.6 Å². The van der Waals surface area contributed by atoms with E-state index in [0.717, 1.165) is 10.2 Å². The van der Waals surface area contributed by atoms with Gasteiger partial charge in [0.1, 0.15) is 0 Å². The molecule has 0 aliphatic rings. The zero-order valence-corrected chi connectivity index (χ0v) is 11.1. The summed E-state index contributed by atoms with van der Waals surface area (Å²) in [6, 6.07) is 6.00. The zero-order valence-electron chi connectivity index (χ0n) is 9.55. The first-order valence-electron chi connectivity index (χ1n) is 5.29. The highest BCUT2D eigenvalue weighted by molar-refractivity contribution is 9.10. The van der Waals surface area contributed by atoms with Crippen molar-refractivity contribution in [3.63, 3.8) is 0 Å². The van der Waals surface area contributed by atoms with Crippen LogP contribution in [0.2, 0.25) is 0 Å². The molecule has 0 saturated carbocycles. The lowest BCUT2D eigenvalue weighted by molar-refractivity contribution is -0.142. The molecule has 16 heavy (non-hydrogen) atoms. The summed E-state index contributed by atoms with van der Waals surface area (Å²) in [4.78, 5) is 11.1. The molecule has 1 N–H and O–H groups in total. The minimum Gasteiger partial charge on any atom is -0.466 e. The third-order valence-corrected chi connectivity index (χ3v) is 3.01. The van der Waals surface area contributed by atoms with E-state index in [1.165, 1.54) is 5.56 Å². The van der Waals surface area contributed by atoms with Crippen molar-refractivity contribution in [3.05, 3.63) is 28.2 Å². The quantitative estimate of drug-likeness (QED) is 0.845. The predicted octanol–water partition coefficient (Wildman–Crippen LogP) is 3.12. The Hall–Kier alpha value is -1.03. The third kappa shape index (κ3) is 4.23. The summed E-state index contributed by atoms with van der Waals surface area (Å²) in [5, 5.41) is 3.18. The fraction of sp³-hybridized carbons (Fsp3) is 0.417. The van der Waals surface area contributed by atoms with Gasteiger partial charge in [0.05, 0.1) is 13.0 Å². The van der Waals surface area contributed by atoms with Gasteiger partial charge in [0.15, 0.2) is 0 Å². The van der Waals surface area contributed by atoms with Gasteiger partial charge in [-0.1, -0.05) is 15.9 Å². The fourth-order valence-corrected chi connectivity index (χ4v) is 1.54. The fourth-order valence-electron chi connectivity index (χ4n) is 1.30. The molecule has 0 unspecified atom stereocenters. The van der Waals surface area contributed by atoms with Gasteiger partial charge in [-0.2, -0.15) is 0 Å². The standard InChI is InChI=1S/C12H16BrNO2/c1-3-16-12(15)6-7-14-10-4-5-11(13)9(2)8-10/h4-5,8,14H,3,6-7H2,1-2H3. The number of hydrogen-bond donors (Lipinski definition) is 1. The van der Waals surface area contributed by atoms with E-state index in [9.17, 15) is 4.79 Å². The van der Waals surface area contributed by atoms with E-state index >= 15 is 0 Å². The minimum absolute atomic E-state index is 0.163. The van der Waals surface area contributed by atoms with Crippen LogP contribution in [0.5, 0.6) is 0 Å². The average molecular weight is 286 g/mol. The van der Waals surface area contributed by atoms with Crippen LogP contribution in [0.1, 0.15) is 18.9 Å². The molecule has 1 rings (SSSR count). The number of nitrogens with one attached hydrogen (secondary N) is 1. The maximum atomic E-state index is 11.1. The molecule has 0 atom stereocenters. The summed E-state index contributed by atoms with van der Waals surface area (Å²) in [5.41, 5.74) is 2.19. The molecular weight excluding hydrogens is 270 g/mol. The number of hydrogen-bond acceptors (Lipinski definition) is 3. The second-order valence-electron chi connectivity index (χ2n) is 3.45. The van der Waals surface area contributed by atoms with Crippen molar-refractivity contribution in [2.75, 3.05) is 18.5 Å². The van der Waals surface area contributed by atoms with Crippen molar-refractivity contribution in [1.82, 2.24) is 0 Å². The normalized spacial score (nSPS) is 9.94. The van der Waals surface area contributed by atoms with Crippen molar-refractivity contribution in [3.8, 4) is 0 Å². The van der Waals surface area contributed by atoms with Crippen molar-refractivity contribution in [2.24, 2.45) is 0 Å². The van der Waals surface area contributed by atoms with Crippen molar-refractivity contribution in [1.29, 1.82) is 0 Å². The Bertz CT molecular complexity index is 366. The number of carbonyl (C=O) groups is 1. The average Bonchev–Trinajstić information content (AvgIpc) is 2.24. The van der Waals surface area contributed by atoms with E-state index in [4.69, 9.17) is 4.74 Å². The lowest BCUT2D eigenvalue weighted by atomic mass is 10.2. The molecule has 0 fully saturated rings. The van der Waals surface area contributed by atoms with Gasteiger partial charge in [-0.05, 0) is 37.6 Å². The summed E-state index contributed by atoms with van der Waals surface area (Å²) in [5.74, 6) is -0.163. The SMILES string of the molecule is CCOC(=O)CCNc1ccc(Br)c(C)c1. The maximum absolute atomic E-state index is 11.1. The highest BCUT2D eigenvalue weighted by Gasteiger charge is 2.01. The monoisotopic (exact) mass is 285 g/mol. The predicted molar refractivity (Wildman–Crippen MR) is 68.6 cm³/mol. The highest BCUT2D eigenvalue weighted by Crippen LogP contribution is 2.19. The van der Waals surface area contributed by atoms with Gasteiger partial charge >= 0.3 is 5.97 Å². The van der Waals surface area contributed by atoms with Crippen molar-refractivity contribution >= 4 is 27.6 Å². The van der Waals surface area contributed by atoms with E-state index < -0.39 is 0 Å². The summed E-state index contributed by atoms with van der Waals surface area (Å²) >= 11 is 3.44. The van der Waals surface area contributed by atoms with Crippen LogP contribution in [0.4, 0.5) is 5.69 Å². The number of rotatable bonds is 5. The number of anilines is 1. The van der Waals surface area contributed by atoms with E-state index in [1.54, 1.807) is 0 Å². The van der Waals surface area contributed by atoms with Gasteiger partial charge in [-0.25, -0.2) is 0 Å². The molecule has 0 aliphatic heterocycles. The smallest absolute Gasteiger partial charge is 0.307 e. The van der Waals surface area contributed by atoms with Crippen LogP contribution in [0.15, 0.2) is 22.7 Å². The molecule has 88 valence electrons. The number of carbonyl (C=O) groups excluding carboxylic acids is 1. The zero-order chi connectivity index (χ0) is 12.0. The highest BCUT2D eigenvalue weighted by atomic mass is 79.9. The van der Waals surface area contributed by atoms with Crippen LogP contribution in [0, 0.1) is 6.92 Å². The molecule has 0 spiro atoms. The topological polar surface area (TPSA) is 38.3 Å². The first kappa shape index (κ1) is 13.0. The van der Waals surface area contributed by atoms with Gasteiger partial charge in [0.25, 0.3) is 0 Å². The Morgan fingerprint density at radius 3 is 2.88 bits per heavy atom. The second-order valence-corrected chi connectivity index (χ2v) is 4.30. The van der Waals surface area contributed by atoms with Gasteiger partial charge in [-0.3, -0.25) is 4.79 Å². The van der Waals surface area contributed by atoms with Crippen molar-refractivity contribution < 1.29 is 9.53 Å². The summed E-state index contributed by atoms with van der Waals surface area (Å²) in [6.07, 6.45) is 0.392. The molecule has 4 heteroatoms. The van der Waals surface area contributed by atoms with Crippen LogP contribution < -0.4 is 5.32 Å². The largest absolute Gasteiger partial charge is 0.466 e. The Labute approximate surface area is 104 Å². The molecule has 1 aromatic carbocycles. The number of halogens is 1. The first-order chi connectivity index (χ1) is 7.63. The van der Waals surface area contributed by atoms with Gasteiger partial charge in [0, 0.05) is 16.7 Å². The van der Waals surface area contributed by atoms with Crippen LogP contribution >= 0.6 is 15.9 Å². The Morgan fingerprint density at radius 2 is 2.25 bits per heavy atom. The number of ether oxygens (including phenoxy) is 1. The summed E-state index contributed by atoms with van der Waals surface area (Å²) in [6.45, 7) is 4.88. The summed E-state index contributed by atoms with van der Waals surface area (Å²) in [7, 11) is 0. The molecule has 3 nitrogen and oxygen atoms in total. The second kappa shape index (κ2) is 6.53. The van der Waals surface area contributed by atoms with Crippen LogP contribution in [0.3, 0.4) is 0 Å². The van der Waals surface area contributed by atoms with Crippen molar-refractivity contribution in [2.45, 2.75) is 20.3 Å². The molecular formula is C12H16BrNO2. The molecule has 0 heterocycles. The Kier molecular flexibility index (Phi) is 5.32. The molecule has 0 aromatic heterocycles. The van der Waals surface area contributed by atoms with E-state index in [-0.39, 0.29) is 5.97 Å². The van der Waals surface area contributed by atoms with E-state index in [1.807, 2.05) is 32.0 Å². The minimum atomic E-state index is -0.163. The van der Waals surface area contributed by atoms with Gasteiger partial charge in [0.2, 0.25) is 0 Å².